The van der Waals surface area contributed by atoms with Gasteiger partial charge in [0.25, 0.3) is 5.91 Å². The summed E-state index contributed by atoms with van der Waals surface area (Å²) in [5.41, 5.74) is 4.54. The summed E-state index contributed by atoms with van der Waals surface area (Å²) in [6.07, 6.45) is 0. The maximum atomic E-state index is 13.3. The molecule has 2 aliphatic rings. The van der Waals surface area contributed by atoms with Crippen LogP contribution in [0.25, 0.3) is 11.3 Å². The standard InChI is InChI=1S/C17H13FN2O2/c1-19-11-3-5-12-9(6-11)8-22-16(12)15-13-4-2-10(18)7-14(13)20-17(15)21/h2-7,19H,8H2,1H3,(H,20,21). The molecule has 2 aromatic rings. The first-order valence-electron chi connectivity index (χ1n) is 6.97. The zero-order chi connectivity index (χ0) is 15.3. The van der Waals surface area contributed by atoms with Crippen molar-refractivity contribution in [1.29, 1.82) is 0 Å². The lowest BCUT2D eigenvalue weighted by Gasteiger charge is -2.05. The number of hydrogen-bond acceptors (Lipinski definition) is 3. The summed E-state index contributed by atoms with van der Waals surface area (Å²) in [6, 6.07) is 10.1. The fraction of sp³-hybridized carbons (Fsp3) is 0.118. The second kappa shape index (κ2) is 4.59. The van der Waals surface area contributed by atoms with Crippen molar-refractivity contribution in [3.05, 3.63) is 58.9 Å². The van der Waals surface area contributed by atoms with Gasteiger partial charge in [-0.25, -0.2) is 4.39 Å². The van der Waals surface area contributed by atoms with Crippen LogP contribution >= 0.6 is 0 Å². The quantitative estimate of drug-likeness (QED) is 0.794. The van der Waals surface area contributed by atoms with Crippen LogP contribution in [0.4, 0.5) is 15.8 Å². The van der Waals surface area contributed by atoms with E-state index in [1.807, 2.05) is 25.2 Å². The lowest BCUT2D eigenvalue weighted by molar-refractivity contribution is -0.110. The zero-order valence-corrected chi connectivity index (χ0v) is 11.9. The summed E-state index contributed by atoms with van der Waals surface area (Å²) in [7, 11) is 1.85. The summed E-state index contributed by atoms with van der Waals surface area (Å²) >= 11 is 0. The Bertz CT molecular complexity index is 843. The van der Waals surface area contributed by atoms with Gasteiger partial charge in [0, 0.05) is 29.4 Å². The van der Waals surface area contributed by atoms with Crippen molar-refractivity contribution < 1.29 is 13.9 Å². The Hall–Kier alpha value is -2.82. The fourth-order valence-electron chi connectivity index (χ4n) is 2.90. The molecule has 2 heterocycles. The lowest BCUT2D eigenvalue weighted by atomic mass is 10.00. The number of benzene rings is 2. The van der Waals surface area contributed by atoms with Crippen LogP contribution in [0.2, 0.25) is 0 Å². The zero-order valence-electron chi connectivity index (χ0n) is 11.9. The van der Waals surface area contributed by atoms with Gasteiger partial charge in [0.1, 0.15) is 18.2 Å². The molecule has 0 aliphatic carbocycles. The van der Waals surface area contributed by atoms with Crippen LogP contribution in [0.1, 0.15) is 16.7 Å². The Labute approximate surface area is 126 Å². The van der Waals surface area contributed by atoms with Crippen molar-refractivity contribution in [2.24, 2.45) is 0 Å². The number of fused-ring (bicyclic) bond motifs is 2. The molecule has 2 aromatic carbocycles. The number of nitrogens with one attached hydrogen (secondary N) is 2. The summed E-state index contributed by atoms with van der Waals surface area (Å²) in [6.45, 7) is 0.424. The van der Waals surface area contributed by atoms with E-state index in [0.29, 0.717) is 29.2 Å². The second-order valence-electron chi connectivity index (χ2n) is 5.26. The van der Waals surface area contributed by atoms with Gasteiger partial charge in [-0.05, 0) is 36.4 Å². The molecule has 4 nitrogen and oxygen atoms in total. The minimum Gasteiger partial charge on any atom is -0.487 e. The first-order chi connectivity index (χ1) is 10.7. The number of rotatable bonds is 1. The number of carbonyl (C=O) groups is 1. The van der Waals surface area contributed by atoms with Crippen molar-refractivity contribution >= 4 is 28.6 Å². The third-order valence-corrected chi connectivity index (χ3v) is 3.96. The number of halogens is 1. The average molecular weight is 296 g/mol. The van der Waals surface area contributed by atoms with Gasteiger partial charge >= 0.3 is 0 Å². The molecule has 1 amide bonds. The SMILES string of the molecule is CNc1ccc2c(c1)COC2=C1C(=O)Nc2cc(F)ccc21. The van der Waals surface area contributed by atoms with Gasteiger partial charge in [-0.3, -0.25) is 4.79 Å². The van der Waals surface area contributed by atoms with E-state index in [4.69, 9.17) is 4.74 Å². The molecule has 2 aliphatic heterocycles. The van der Waals surface area contributed by atoms with Crippen molar-refractivity contribution in [2.45, 2.75) is 6.61 Å². The predicted octanol–water partition coefficient (Wildman–Crippen LogP) is 3.22. The number of hydrogen-bond donors (Lipinski definition) is 2. The maximum Gasteiger partial charge on any atom is 0.260 e. The second-order valence-corrected chi connectivity index (χ2v) is 5.26. The van der Waals surface area contributed by atoms with Crippen LogP contribution < -0.4 is 10.6 Å². The van der Waals surface area contributed by atoms with Crippen LogP contribution in [0.5, 0.6) is 0 Å². The predicted molar refractivity (Wildman–Crippen MR) is 82.6 cm³/mol. The first kappa shape index (κ1) is 12.9. The van der Waals surface area contributed by atoms with Gasteiger partial charge in [0.2, 0.25) is 0 Å². The van der Waals surface area contributed by atoms with Crippen LogP contribution in [-0.2, 0) is 16.1 Å². The minimum absolute atomic E-state index is 0.263. The van der Waals surface area contributed by atoms with Crippen molar-refractivity contribution in [1.82, 2.24) is 0 Å². The molecule has 0 fully saturated rings. The highest BCUT2D eigenvalue weighted by molar-refractivity contribution is 6.36. The van der Waals surface area contributed by atoms with Gasteiger partial charge in [0.15, 0.2) is 0 Å². The Morgan fingerprint density at radius 2 is 2.00 bits per heavy atom. The summed E-state index contributed by atoms with van der Waals surface area (Å²) in [5, 5.41) is 5.77. The molecule has 0 saturated carbocycles. The van der Waals surface area contributed by atoms with Gasteiger partial charge in [0.05, 0.1) is 11.3 Å². The molecule has 0 radical (unpaired) electrons. The fourth-order valence-corrected chi connectivity index (χ4v) is 2.90. The highest BCUT2D eigenvalue weighted by Crippen LogP contribution is 2.42. The molecule has 0 unspecified atom stereocenters. The van der Waals surface area contributed by atoms with E-state index < -0.39 is 0 Å². The number of ether oxygens (including phenoxy) is 1. The third-order valence-electron chi connectivity index (χ3n) is 3.96. The Balaban J connectivity index is 1.90. The molecule has 5 heteroatoms. The number of anilines is 2. The van der Waals surface area contributed by atoms with Gasteiger partial charge < -0.3 is 15.4 Å². The smallest absolute Gasteiger partial charge is 0.260 e. The van der Waals surface area contributed by atoms with E-state index in [9.17, 15) is 9.18 Å². The van der Waals surface area contributed by atoms with Crippen molar-refractivity contribution in [3.8, 4) is 0 Å². The van der Waals surface area contributed by atoms with Crippen molar-refractivity contribution in [2.75, 3.05) is 17.7 Å². The van der Waals surface area contributed by atoms with Crippen LogP contribution in [0.15, 0.2) is 36.4 Å². The Morgan fingerprint density at radius 3 is 2.82 bits per heavy atom. The molecule has 0 spiro atoms. The monoisotopic (exact) mass is 296 g/mol. The van der Waals surface area contributed by atoms with Gasteiger partial charge in [-0.2, -0.15) is 0 Å². The highest BCUT2D eigenvalue weighted by Gasteiger charge is 2.32. The van der Waals surface area contributed by atoms with Crippen LogP contribution in [0, 0.1) is 5.82 Å². The summed E-state index contributed by atoms with van der Waals surface area (Å²) in [4.78, 5) is 12.3. The number of carbonyl (C=O) groups excluding carboxylic acids is 1. The molecule has 0 saturated heterocycles. The molecular formula is C17H13FN2O2. The summed E-state index contributed by atoms with van der Waals surface area (Å²) in [5.74, 6) is -0.0849. The van der Waals surface area contributed by atoms with E-state index in [1.165, 1.54) is 12.1 Å². The highest BCUT2D eigenvalue weighted by atomic mass is 19.1. The molecule has 0 atom stereocenters. The minimum atomic E-state index is -0.378. The van der Waals surface area contributed by atoms with Crippen molar-refractivity contribution in [3.63, 3.8) is 0 Å². The van der Waals surface area contributed by atoms with E-state index in [1.54, 1.807) is 6.07 Å². The molecular weight excluding hydrogens is 283 g/mol. The normalized spacial score (nSPS) is 18.5. The van der Waals surface area contributed by atoms with Gasteiger partial charge in [-0.15, -0.1) is 0 Å². The maximum absolute atomic E-state index is 13.3. The van der Waals surface area contributed by atoms with E-state index in [2.05, 4.69) is 10.6 Å². The summed E-state index contributed by atoms with van der Waals surface area (Å²) < 4.78 is 19.1. The molecule has 2 N–H and O–H groups in total. The van der Waals surface area contributed by atoms with Crippen LogP contribution in [0.3, 0.4) is 0 Å². The molecule has 0 bridgehead atoms. The molecule has 110 valence electrons. The molecule has 0 aromatic heterocycles. The molecule has 22 heavy (non-hydrogen) atoms. The average Bonchev–Trinajstić information content (AvgIpc) is 3.05. The Kier molecular flexibility index (Phi) is 2.69. The molecule has 4 rings (SSSR count). The van der Waals surface area contributed by atoms with E-state index in [-0.39, 0.29) is 11.7 Å². The largest absolute Gasteiger partial charge is 0.487 e. The Morgan fingerprint density at radius 1 is 1.18 bits per heavy atom. The topological polar surface area (TPSA) is 50.4 Å². The lowest BCUT2D eigenvalue weighted by Crippen LogP contribution is -2.05. The third kappa shape index (κ3) is 1.79. The van der Waals surface area contributed by atoms with E-state index in [0.717, 1.165) is 16.8 Å². The van der Waals surface area contributed by atoms with E-state index >= 15 is 0 Å². The van der Waals surface area contributed by atoms with Crippen LogP contribution in [-0.4, -0.2) is 13.0 Å². The first-order valence-corrected chi connectivity index (χ1v) is 6.97. The number of amides is 1. The van der Waals surface area contributed by atoms with Gasteiger partial charge in [-0.1, -0.05) is 0 Å².